The molecule has 1 aliphatic heterocycles. The minimum absolute atomic E-state index is 0.0479. The predicted molar refractivity (Wildman–Crippen MR) is 100 cm³/mol. The predicted octanol–water partition coefficient (Wildman–Crippen LogP) is 5.50. The molecule has 1 heterocycles. The maximum absolute atomic E-state index is 14.0. The van der Waals surface area contributed by atoms with E-state index in [2.05, 4.69) is 5.32 Å². The molecule has 1 aliphatic rings. The summed E-state index contributed by atoms with van der Waals surface area (Å²) in [6, 6.07) is 10.7. The largest absolute Gasteiger partial charge is 0.365 e. The molecule has 0 bridgehead atoms. The molecule has 3 rings (SSSR count). The number of amides is 1. The molecule has 2 aromatic carbocycles. The van der Waals surface area contributed by atoms with E-state index in [9.17, 15) is 13.6 Å². The quantitative estimate of drug-likeness (QED) is 0.745. The van der Waals surface area contributed by atoms with Crippen molar-refractivity contribution in [1.82, 2.24) is 5.32 Å². The maximum atomic E-state index is 14.0. The highest BCUT2D eigenvalue weighted by Gasteiger charge is 2.40. The van der Waals surface area contributed by atoms with Crippen molar-refractivity contribution >= 4 is 17.5 Å². The smallest absolute Gasteiger partial charge is 0.220 e. The molecule has 1 N–H and O–H groups in total. The molecule has 1 amide bonds. The molecular weight excluding hydrogens is 372 g/mol. The SMILES string of the molecule is CCC(=O)N[C@@]1(C)C[C@@H](c2ccc(F)cc2)O[C@@H](c2ccc(Cl)c(F)c2)C1. The molecule has 27 heavy (non-hydrogen) atoms. The van der Waals surface area contributed by atoms with Crippen molar-refractivity contribution in [3.05, 3.63) is 70.2 Å². The second kappa shape index (κ2) is 7.95. The molecule has 1 fully saturated rings. The molecule has 0 aliphatic carbocycles. The van der Waals surface area contributed by atoms with Gasteiger partial charge in [0.1, 0.15) is 11.6 Å². The van der Waals surface area contributed by atoms with E-state index in [4.69, 9.17) is 16.3 Å². The number of halogens is 3. The first kappa shape index (κ1) is 19.8. The van der Waals surface area contributed by atoms with Crippen molar-refractivity contribution in [3.63, 3.8) is 0 Å². The van der Waals surface area contributed by atoms with Gasteiger partial charge in [0.15, 0.2) is 0 Å². The molecule has 0 aromatic heterocycles. The fourth-order valence-electron chi connectivity index (χ4n) is 3.51. The maximum Gasteiger partial charge on any atom is 0.220 e. The van der Waals surface area contributed by atoms with Crippen LogP contribution >= 0.6 is 11.6 Å². The Kier molecular flexibility index (Phi) is 5.82. The first-order valence-corrected chi connectivity index (χ1v) is 9.34. The third-order valence-corrected chi connectivity index (χ3v) is 5.23. The summed E-state index contributed by atoms with van der Waals surface area (Å²) in [5.41, 5.74) is 0.929. The fourth-order valence-corrected chi connectivity index (χ4v) is 3.62. The summed E-state index contributed by atoms with van der Waals surface area (Å²) in [7, 11) is 0. The number of rotatable bonds is 4. The number of carbonyl (C=O) groups excluding carboxylic acids is 1. The van der Waals surface area contributed by atoms with Crippen molar-refractivity contribution in [3.8, 4) is 0 Å². The van der Waals surface area contributed by atoms with Gasteiger partial charge in [-0.3, -0.25) is 4.79 Å². The number of benzene rings is 2. The first-order valence-electron chi connectivity index (χ1n) is 8.96. The van der Waals surface area contributed by atoms with Crippen molar-refractivity contribution in [2.24, 2.45) is 0 Å². The summed E-state index contributed by atoms with van der Waals surface area (Å²) in [5, 5.41) is 3.12. The lowest BCUT2D eigenvalue weighted by Gasteiger charge is -2.43. The molecule has 3 nitrogen and oxygen atoms in total. The van der Waals surface area contributed by atoms with Crippen LogP contribution in [0.25, 0.3) is 0 Å². The summed E-state index contributed by atoms with van der Waals surface area (Å²) in [5.74, 6) is -0.896. The molecule has 1 saturated heterocycles. The van der Waals surface area contributed by atoms with Crippen LogP contribution in [0.3, 0.4) is 0 Å². The van der Waals surface area contributed by atoms with Crippen molar-refractivity contribution < 1.29 is 18.3 Å². The Morgan fingerprint density at radius 1 is 1.15 bits per heavy atom. The number of carbonyl (C=O) groups is 1. The van der Waals surface area contributed by atoms with Crippen LogP contribution in [0.1, 0.15) is 56.4 Å². The Balaban J connectivity index is 1.93. The van der Waals surface area contributed by atoms with Gasteiger partial charge in [-0.15, -0.1) is 0 Å². The van der Waals surface area contributed by atoms with E-state index in [0.717, 1.165) is 5.56 Å². The number of nitrogens with one attached hydrogen (secondary N) is 1. The molecule has 0 saturated carbocycles. The molecule has 144 valence electrons. The van der Waals surface area contributed by atoms with Crippen LogP contribution in [-0.4, -0.2) is 11.4 Å². The third kappa shape index (κ3) is 4.66. The van der Waals surface area contributed by atoms with E-state index >= 15 is 0 Å². The average molecular weight is 394 g/mol. The molecular formula is C21H22ClF2NO2. The van der Waals surface area contributed by atoms with Crippen LogP contribution < -0.4 is 5.32 Å². The van der Waals surface area contributed by atoms with Crippen LogP contribution in [0.2, 0.25) is 5.02 Å². The topological polar surface area (TPSA) is 38.3 Å². The van der Waals surface area contributed by atoms with E-state index in [1.165, 1.54) is 24.3 Å². The van der Waals surface area contributed by atoms with Crippen LogP contribution in [0.5, 0.6) is 0 Å². The summed E-state index contributed by atoms with van der Waals surface area (Å²) in [6.45, 7) is 3.75. The standard InChI is InChI=1S/C21H22ClF2NO2/c1-3-20(26)25-21(2)11-18(13-4-7-15(23)8-5-13)27-19(12-21)14-6-9-16(22)17(24)10-14/h4-10,18-19H,3,11-12H2,1-2H3,(H,25,26)/t18-,19+,21-/m0/s1. The number of ether oxygens (including phenoxy) is 1. The van der Waals surface area contributed by atoms with Gasteiger partial charge in [0, 0.05) is 24.8 Å². The van der Waals surface area contributed by atoms with Gasteiger partial charge in [-0.05, 0) is 42.3 Å². The van der Waals surface area contributed by atoms with Crippen molar-refractivity contribution in [1.29, 1.82) is 0 Å². The molecule has 2 aromatic rings. The van der Waals surface area contributed by atoms with Crippen LogP contribution in [0.4, 0.5) is 8.78 Å². The number of hydrogen-bond acceptors (Lipinski definition) is 2. The van der Waals surface area contributed by atoms with E-state index < -0.39 is 17.5 Å². The van der Waals surface area contributed by atoms with E-state index in [1.54, 1.807) is 25.1 Å². The van der Waals surface area contributed by atoms with Gasteiger partial charge >= 0.3 is 0 Å². The van der Waals surface area contributed by atoms with Gasteiger partial charge in [0.05, 0.1) is 17.2 Å². The Labute approximate surface area is 162 Å². The van der Waals surface area contributed by atoms with Crippen molar-refractivity contribution in [2.75, 3.05) is 0 Å². The zero-order valence-electron chi connectivity index (χ0n) is 15.3. The van der Waals surface area contributed by atoms with Gasteiger partial charge < -0.3 is 10.1 Å². The highest BCUT2D eigenvalue weighted by molar-refractivity contribution is 6.30. The van der Waals surface area contributed by atoms with Crippen LogP contribution in [-0.2, 0) is 9.53 Å². The summed E-state index contributed by atoms with van der Waals surface area (Å²) >= 11 is 5.79. The van der Waals surface area contributed by atoms with E-state index in [-0.39, 0.29) is 22.9 Å². The zero-order chi connectivity index (χ0) is 19.6. The second-order valence-electron chi connectivity index (χ2n) is 7.21. The van der Waals surface area contributed by atoms with Gasteiger partial charge in [-0.2, -0.15) is 0 Å². The fraction of sp³-hybridized carbons (Fsp3) is 0.381. The molecule has 0 radical (unpaired) electrons. The monoisotopic (exact) mass is 393 g/mol. The van der Waals surface area contributed by atoms with Gasteiger partial charge in [0.25, 0.3) is 0 Å². The van der Waals surface area contributed by atoms with Gasteiger partial charge in [0.2, 0.25) is 5.91 Å². The third-order valence-electron chi connectivity index (χ3n) is 4.92. The Morgan fingerprint density at radius 3 is 2.33 bits per heavy atom. The molecule has 0 spiro atoms. The molecule has 6 heteroatoms. The number of hydrogen-bond donors (Lipinski definition) is 1. The van der Waals surface area contributed by atoms with Gasteiger partial charge in [-0.1, -0.05) is 36.7 Å². The lowest BCUT2D eigenvalue weighted by atomic mass is 9.81. The summed E-state index contributed by atoms with van der Waals surface area (Å²) in [6.07, 6.45) is 0.625. The Hall–Kier alpha value is -1.98. The normalized spacial score (nSPS) is 25.2. The summed E-state index contributed by atoms with van der Waals surface area (Å²) < 4.78 is 33.5. The van der Waals surface area contributed by atoms with E-state index in [0.29, 0.717) is 24.8 Å². The highest BCUT2D eigenvalue weighted by Crippen LogP contribution is 2.44. The van der Waals surface area contributed by atoms with Crippen molar-refractivity contribution in [2.45, 2.75) is 50.9 Å². The first-order chi connectivity index (χ1) is 12.8. The van der Waals surface area contributed by atoms with Gasteiger partial charge in [-0.25, -0.2) is 8.78 Å². The second-order valence-corrected chi connectivity index (χ2v) is 7.62. The molecule has 3 atom stereocenters. The summed E-state index contributed by atoms with van der Waals surface area (Å²) in [4.78, 5) is 12.0. The minimum Gasteiger partial charge on any atom is -0.365 e. The lowest BCUT2D eigenvalue weighted by Crippen LogP contribution is -2.50. The van der Waals surface area contributed by atoms with Crippen LogP contribution in [0, 0.1) is 11.6 Å². The lowest BCUT2D eigenvalue weighted by molar-refractivity contribution is -0.128. The average Bonchev–Trinajstić information content (AvgIpc) is 2.63. The highest BCUT2D eigenvalue weighted by atomic mass is 35.5. The zero-order valence-corrected chi connectivity index (χ0v) is 16.0. The minimum atomic E-state index is -0.537. The Bertz CT molecular complexity index is 827. The Morgan fingerprint density at radius 2 is 1.74 bits per heavy atom. The van der Waals surface area contributed by atoms with Crippen LogP contribution in [0.15, 0.2) is 42.5 Å². The van der Waals surface area contributed by atoms with E-state index in [1.807, 2.05) is 6.92 Å². The molecule has 0 unspecified atom stereocenters.